The Morgan fingerprint density at radius 1 is 1.29 bits per heavy atom. The fourth-order valence-corrected chi connectivity index (χ4v) is 2.39. The summed E-state index contributed by atoms with van der Waals surface area (Å²) in [5.41, 5.74) is 1.37. The summed E-state index contributed by atoms with van der Waals surface area (Å²) in [5, 5.41) is 10.0. The molecule has 1 fully saturated rings. The van der Waals surface area contributed by atoms with E-state index in [0.29, 0.717) is 18.4 Å². The Balaban J connectivity index is 1.71. The van der Waals surface area contributed by atoms with Crippen molar-refractivity contribution >= 4 is 0 Å². The van der Waals surface area contributed by atoms with Crippen molar-refractivity contribution in [3.8, 4) is 0 Å². The second-order valence-corrected chi connectivity index (χ2v) is 4.89. The zero-order valence-electron chi connectivity index (χ0n) is 10.5. The third-order valence-electron chi connectivity index (χ3n) is 3.47. The van der Waals surface area contributed by atoms with E-state index in [1.807, 2.05) is 6.07 Å². The number of ether oxygens (including phenoxy) is 1. The van der Waals surface area contributed by atoms with Gasteiger partial charge in [-0.3, -0.25) is 0 Å². The minimum Gasteiger partial charge on any atom is -0.393 e. The third kappa shape index (κ3) is 3.55. The first-order valence-corrected chi connectivity index (χ1v) is 6.63. The van der Waals surface area contributed by atoms with Gasteiger partial charge in [0.2, 0.25) is 0 Å². The van der Waals surface area contributed by atoms with Crippen LogP contribution < -0.4 is 0 Å². The average Bonchev–Trinajstić information content (AvgIpc) is 3.16. The monoisotopic (exact) mass is 234 g/mol. The van der Waals surface area contributed by atoms with Crippen LogP contribution in [0.1, 0.15) is 37.7 Å². The molecule has 0 aromatic heterocycles. The highest BCUT2D eigenvalue weighted by molar-refractivity contribution is 5.26. The third-order valence-corrected chi connectivity index (χ3v) is 3.47. The minimum absolute atomic E-state index is 0.197. The van der Waals surface area contributed by atoms with Gasteiger partial charge in [-0.15, -0.1) is 0 Å². The van der Waals surface area contributed by atoms with Gasteiger partial charge in [-0.05, 0) is 36.7 Å². The number of aliphatic hydroxyl groups is 1. The van der Waals surface area contributed by atoms with Crippen molar-refractivity contribution < 1.29 is 9.84 Å². The van der Waals surface area contributed by atoms with Gasteiger partial charge in [0, 0.05) is 13.2 Å². The molecule has 1 aromatic rings. The van der Waals surface area contributed by atoms with Gasteiger partial charge in [0.25, 0.3) is 0 Å². The number of hydrogen-bond donors (Lipinski definition) is 1. The fourth-order valence-electron chi connectivity index (χ4n) is 2.39. The van der Waals surface area contributed by atoms with Crippen molar-refractivity contribution in [3.63, 3.8) is 0 Å². The molecule has 1 aromatic carbocycles. The summed E-state index contributed by atoms with van der Waals surface area (Å²) < 4.78 is 5.41. The van der Waals surface area contributed by atoms with Crippen molar-refractivity contribution in [3.05, 3.63) is 35.9 Å². The molecule has 1 saturated carbocycles. The quantitative estimate of drug-likeness (QED) is 0.735. The second kappa shape index (κ2) is 6.18. The summed E-state index contributed by atoms with van der Waals surface area (Å²) in [7, 11) is 0. The molecule has 2 rings (SSSR count). The van der Waals surface area contributed by atoms with Crippen molar-refractivity contribution in [2.45, 2.75) is 38.2 Å². The lowest BCUT2D eigenvalue weighted by atomic mass is 10.1. The molecule has 1 aliphatic carbocycles. The summed E-state index contributed by atoms with van der Waals surface area (Å²) in [5.74, 6) is 1.01. The number of hydrogen-bond acceptors (Lipinski definition) is 2. The lowest BCUT2D eigenvalue weighted by molar-refractivity contribution is 0.0712. The smallest absolute Gasteiger partial charge is 0.0596 e. The zero-order chi connectivity index (χ0) is 12.1. The summed E-state index contributed by atoms with van der Waals surface area (Å²) in [4.78, 5) is 0. The maximum atomic E-state index is 10.0. The Morgan fingerprint density at radius 2 is 2.06 bits per heavy atom. The van der Waals surface area contributed by atoms with E-state index in [1.54, 1.807) is 0 Å². The molecular formula is C15H22O2. The molecule has 0 heterocycles. The van der Waals surface area contributed by atoms with E-state index in [-0.39, 0.29) is 6.10 Å². The first-order chi connectivity index (χ1) is 8.33. The van der Waals surface area contributed by atoms with Gasteiger partial charge >= 0.3 is 0 Å². The predicted octanol–water partition coefficient (Wildman–Crippen LogP) is 2.97. The van der Waals surface area contributed by atoms with Crippen molar-refractivity contribution in [1.82, 2.24) is 0 Å². The molecule has 0 spiro atoms. The zero-order valence-corrected chi connectivity index (χ0v) is 10.5. The van der Waals surface area contributed by atoms with Crippen LogP contribution in [-0.2, 0) is 4.74 Å². The van der Waals surface area contributed by atoms with E-state index in [9.17, 15) is 5.11 Å². The van der Waals surface area contributed by atoms with Crippen LogP contribution in [0.4, 0.5) is 0 Å². The highest BCUT2D eigenvalue weighted by atomic mass is 16.5. The predicted molar refractivity (Wildman–Crippen MR) is 69.0 cm³/mol. The topological polar surface area (TPSA) is 29.5 Å². The Morgan fingerprint density at radius 3 is 2.76 bits per heavy atom. The second-order valence-electron chi connectivity index (χ2n) is 4.89. The Labute approximate surface area is 104 Å². The molecule has 0 radical (unpaired) electrons. The van der Waals surface area contributed by atoms with E-state index in [4.69, 9.17) is 4.74 Å². The summed E-state index contributed by atoms with van der Waals surface area (Å²) >= 11 is 0. The number of benzene rings is 1. The van der Waals surface area contributed by atoms with Crippen LogP contribution >= 0.6 is 0 Å². The summed E-state index contributed by atoms with van der Waals surface area (Å²) in [6.45, 7) is 3.59. The number of aliphatic hydroxyl groups excluding tert-OH is 1. The van der Waals surface area contributed by atoms with Crippen LogP contribution in [0, 0.1) is 5.92 Å². The maximum absolute atomic E-state index is 10.0. The molecule has 3 unspecified atom stereocenters. The van der Waals surface area contributed by atoms with Crippen molar-refractivity contribution in [1.29, 1.82) is 0 Å². The molecule has 0 amide bonds. The van der Waals surface area contributed by atoms with Gasteiger partial charge in [-0.1, -0.05) is 37.3 Å². The van der Waals surface area contributed by atoms with E-state index < -0.39 is 0 Å². The minimum atomic E-state index is -0.197. The molecule has 94 valence electrons. The normalized spacial score (nSPS) is 24.6. The van der Waals surface area contributed by atoms with Gasteiger partial charge in [-0.25, -0.2) is 0 Å². The van der Waals surface area contributed by atoms with Crippen LogP contribution in [0.25, 0.3) is 0 Å². The molecule has 0 bridgehead atoms. The first-order valence-electron chi connectivity index (χ1n) is 6.63. The standard InChI is InChI=1S/C15H22O2/c1-2-9-17-10-8-15(16)14-11-13(14)12-6-4-3-5-7-12/h3-7,13-16H,2,8-11H2,1H3. The number of rotatable bonds is 7. The molecule has 2 heteroatoms. The van der Waals surface area contributed by atoms with Crippen LogP contribution in [0.15, 0.2) is 30.3 Å². The van der Waals surface area contributed by atoms with Crippen molar-refractivity contribution in [2.75, 3.05) is 13.2 Å². The van der Waals surface area contributed by atoms with Gasteiger partial charge in [-0.2, -0.15) is 0 Å². The van der Waals surface area contributed by atoms with Gasteiger partial charge in [0.15, 0.2) is 0 Å². The molecule has 0 aliphatic heterocycles. The lowest BCUT2D eigenvalue weighted by Crippen LogP contribution is -2.14. The lowest BCUT2D eigenvalue weighted by Gasteiger charge is -2.10. The maximum Gasteiger partial charge on any atom is 0.0596 e. The van der Waals surface area contributed by atoms with Crippen LogP contribution in [0.3, 0.4) is 0 Å². The highest BCUT2D eigenvalue weighted by Gasteiger charge is 2.42. The average molecular weight is 234 g/mol. The van der Waals surface area contributed by atoms with Crippen LogP contribution in [-0.4, -0.2) is 24.4 Å². The molecule has 2 nitrogen and oxygen atoms in total. The van der Waals surface area contributed by atoms with Gasteiger partial charge in [0.05, 0.1) is 6.10 Å². The van der Waals surface area contributed by atoms with E-state index in [2.05, 4.69) is 31.2 Å². The molecule has 1 aliphatic rings. The van der Waals surface area contributed by atoms with E-state index in [0.717, 1.165) is 25.9 Å². The molecule has 0 saturated heterocycles. The van der Waals surface area contributed by atoms with E-state index in [1.165, 1.54) is 5.56 Å². The Hall–Kier alpha value is -0.860. The van der Waals surface area contributed by atoms with Crippen molar-refractivity contribution in [2.24, 2.45) is 5.92 Å². The first kappa shape index (κ1) is 12.6. The van der Waals surface area contributed by atoms with Gasteiger partial charge < -0.3 is 9.84 Å². The Bertz CT molecular complexity index is 323. The molecule has 1 N–H and O–H groups in total. The highest BCUT2D eigenvalue weighted by Crippen LogP contribution is 2.50. The summed E-state index contributed by atoms with van der Waals surface area (Å²) in [6, 6.07) is 10.5. The van der Waals surface area contributed by atoms with Gasteiger partial charge in [0.1, 0.15) is 0 Å². The summed E-state index contributed by atoms with van der Waals surface area (Å²) in [6.07, 6.45) is 2.75. The largest absolute Gasteiger partial charge is 0.393 e. The SMILES string of the molecule is CCCOCCC(O)C1CC1c1ccccc1. The molecule has 3 atom stereocenters. The van der Waals surface area contributed by atoms with Crippen LogP contribution in [0.2, 0.25) is 0 Å². The Kier molecular flexibility index (Phi) is 4.57. The van der Waals surface area contributed by atoms with Crippen LogP contribution in [0.5, 0.6) is 0 Å². The molecular weight excluding hydrogens is 212 g/mol. The van der Waals surface area contributed by atoms with E-state index >= 15 is 0 Å². The fraction of sp³-hybridized carbons (Fsp3) is 0.600. The molecule has 17 heavy (non-hydrogen) atoms.